The first kappa shape index (κ1) is 19.2. The summed E-state index contributed by atoms with van der Waals surface area (Å²) in [6.45, 7) is 0.649. The van der Waals surface area contributed by atoms with Gasteiger partial charge in [-0.05, 0) is 42.2 Å². The smallest absolute Gasteiger partial charge is 0.277 e. The maximum atomic E-state index is 13.5. The van der Waals surface area contributed by atoms with Crippen molar-refractivity contribution in [2.75, 3.05) is 6.26 Å². The zero-order valence-electron chi connectivity index (χ0n) is 15.7. The Morgan fingerprint density at radius 2 is 2.03 bits per heavy atom. The van der Waals surface area contributed by atoms with Crippen LogP contribution in [0.2, 0.25) is 0 Å². The van der Waals surface area contributed by atoms with Gasteiger partial charge < -0.3 is 10.3 Å². The molecule has 29 heavy (non-hydrogen) atoms. The molecule has 0 aliphatic carbocycles. The molecule has 2 N–H and O–H groups in total. The number of carbonyl (C=O) groups excluding carboxylic acids is 1. The number of aromatic amines is 1. The van der Waals surface area contributed by atoms with Crippen molar-refractivity contribution in [2.24, 2.45) is 0 Å². The van der Waals surface area contributed by atoms with Crippen LogP contribution in [-0.4, -0.2) is 26.7 Å². The van der Waals surface area contributed by atoms with Crippen LogP contribution in [0, 0.1) is 5.82 Å². The Morgan fingerprint density at radius 3 is 2.79 bits per heavy atom. The van der Waals surface area contributed by atoms with E-state index in [1.54, 1.807) is 17.8 Å². The lowest BCUT2D eigenvalue weighted by Gasteiger charge is -2.07. The molecule has 6 nitrogen and oxygen atoms in total. The highest BCUT2D eigenvalue weighted by atomic mass is 32.2. The molecular weight excluding hydrogens is 391 g/mol. The summed E-state index contributed by atoms with van der Waals surface area (Å²) in [4.78, 5) is 33.3. The minimum absolute atomic E-state index is 0.148. The van der Waals surface area contributed by atoms with Crippen LogP contribution in [0.3, 0.4) is 0 Å². The lowest BCUT2D eigenvalue weighted by Crippen LogP contribution is -2.27. The van der Waals surface area contributed by atoms with Crippen molar-refractivity contribution in [3.05, 3.63) is 70.5 Å². The molecule has 0 aliphatic heterocycles. The molecule has 0 aliphatic rings. The molecular formula is C21H19FN4O2S. The van der Waals surface area contributed by atoms with Gasteiger partial charge in [-0.1, -0.05) is 12.1 Å². The average molecular weight is 410 g/mol. The summed E-state index contributed by atoms with van der Waals surface area (Å²) >= 11 is 1.66. The molecule has 0 atom stereocenters. The fourth-order valence-electron chi connectivity index (χ4n) is 3.18. The third kappa shape index (κ3) is 4.02. The molecule has 2 aromatic carbocycles. The number of fused-ring (bicyclic) bond motifs is 3. The number of H-pyrrole nitrogens is 1. The molecule has 2 heterocycles. The average Bonchev–Trinajstić information content (AvgIpc) is 3.11. The quantitative estimate of drug-likeness (QED) is 0.477. The number of hydrogen-bond acceptors (Lipinski definition) is 4. The third-order valence-electron chi connectivity index (χ3n) is 4.76. The maximum Gasteiger partial charge on any atom is 0.277 e. The first-order valence-electron chi connectivity index (χ1n) is 9.11. The van der Waals surface area contributed by atoms with Crippen LogP contribution in [0.25, 0.3) is 21.9 Å². The summed E-state index contributed by atoms with van der Waals surface area (Å²) < 4.78 is 14.9. The van der Waals surface area contributed by atoms with E-state index in [1.165, 1.54) is 27.9 Å². The fraction of sp³-hybridized carbons (Fsp3) is 0.190. The topological polar surface area (TPSA) is 79.8 Å². The van der Waals surface area contributed by atoms with Crippen LogP contribution in [-0.2, 0) is 17.9 Å². The molecule has 2 aromatic heterocycles. The van der Waals surface area contributed by atoms with Gasteiger partial charge in [0.1, 0.15) is 16.9 Å². The molecule has 0 radical (unpaired) electrons. The van der Waals surface area contributed by atoms with Crippen LogP contribution in [0.5, 0.6) is 0 Å². The van der Waals surface area contributed by atoms with Gasteiger partial charge in [0.05, 0.1) is 6.33 Å². The third-order valence-corrected chi connectivity index (χ3v) is 5.51. The molecule has 0 saturated carbocycles. The maximum absolute atomic E-state index is 13.5. The van der Waals surface area contributed by atoms with Gasteiger partial charge in [0.25, 0.3) is 5.56 Å². The van der Waals surface area contributed by atoms with Gasteiger partial charge in [-0.15, -0.1) is 11.8 Å². The van der Waals surface area contributed by atoms with E-state index in [-0.39, 0.29) is 30.2 Å². The summed E-state index contributed by atoms with van der Waals surface area (Å²) in [7, 11) is 0. The van der Waals surface area contributed by atoms with E-state index in [1.807, 2.05) is 30.5 Å². The van der Waals surface area contributed by atoms with Crippen LogP contribution >= 0.6 is 11.8 Å². The Bertz CT molecular complexity index is 1250. The number of nitrogens with zero attached hydrogens (tertiary/aromatic N) is 2. The highest BCUT2D eigenvalue weighted by Crippen LogP contribution is 2.22. The van der Waals surface area contributed by atoms with Crippen LogP contribution < -0.4 is 10.9 Å². The summed E-state index contributed by atoms with van der Waals surface area (Å²) in [6.07, 6.45) is 3.57. The van der Waals surface area contributed by atoms with E-state index in [0.29, 0.717) is 28.5 Å². The standard InChI is InChI=1S/C21H19FN4O2S/c1-29-15-5-2-13(3-6-15)11-23-18(27)8-9-26-12-24-19-16-10-14(22)4-7-17(16)25-20(19)21(26)28/h2-7,10,12,25H,8-9,11H2,1H3,(H,23,27). The molecule has 8 heteroatoms. The van der Waals surface area contributed by atoms with E-state index in [4.69, 9.17) is 0 Å². The Labute approximate surface area is 170 Å². The molecule has 148 valence electrons. The SMILES string of the molecule is CSc1ccc(CNC(=O)CCn2cnc3c([nH]c4ccc(F)cc43)c2=O)cc1. The van der Waals surface area contributed by atoms with Gasteiger partial charge in [0, 0.05) is 35.3 Å². The number of benzene rings is 2. The second-order valence-corrected chi connectivity index (χ2v) is 7.54. The molecule has 4 rings (SSSR count). The van der Waals surface area contributed by atoms with E-state index in [9.17, 15) is 14.0 Å². The van der Waals surface area contributed by atoms with Crippen LogP contribution in [0.15, 0.2) is 58.5 Å². The van der Waals surface area contributed by atoms with Crippen molar-refractivity contribution < 1.29 is 9.18 Å². The summed E-state index contributed by atoms with van der Waals surface area (Å²) in [5, 5.41) is 3.42. The largest absolute Gasteiger partial charge is 0.352 e. The molecule has 1 amide bonds. The highest BCUT2D eigenvalue weighted by Gasteiger charge is 2.12. The fourth-order valence-corrected chi connectivity index (χ4v) is 3.58. The van der Waals surface area contributed by atoms with E-state index >= 15 is 0 Å². The zero-order chi connectivity index (χ0) is 20.4. The van der Waals surface area contributed by atoms with Crippen LogP contribution in [0.1, 0.15) is 12.0 Å². The normalized spacial score (nSPS) is 11.2. The summed E-state index contributed by atoms with van der Waals surface area (Å²) in [5.74, 6) is -0.534. The number of amides is 1. The van der Waals surface area contributed by atoms with Gasteiger partial charge in [-0.25, -0.2) is 9.37 Å². The molecule has 4 aromatic rings. The second kappa shape index (κ2) is 8.08. The van der Waals surface area contributed by atoms with Crippen molar-refractivity contribution in [1.82, 2.24) is 19.9 Å². The molecule has 0 saturated heterocycles. The summed E-state index contributed by atoms with van der Waals surface area (Å²) in [6, 6.07) is 12.2. The van der Waals surface area contributed by atoms with E-state index in [0.717, 1.165) is 5.56 Å². The van der Waals surface area contributed by atoms with Gasteiger partial charge in [-0.2, -0.15) is 0 Å². The minimum Gasteiger partial charge on any atom is -0.352 e. The Hall–Kier alpha value is -3.13. The number of aromatic nitrogens is 3. The Kier molecular flexibility index (Phi) is 5.35. The Morgan fingerprint density at radius 1 is 1.24 bits per heavy atom. The number of aryl methyl sites for hydroxylation is 1. The monoisotopic (exact) mass is 410 g/mol. The van der Waals surface area contributed by atoms with Crippen LogP contribution in [0.4, 0.5) is 4.39 Å². The Balaban J connectivity index is 1.43. The predicted molar refractivity (Wildman–Crippen MR) is 113 cm³/mol. The van der Waals surface area contributed by atoms with Gasteiger partial charge in [0.2, 0.25) is 5.91 Å². The molecule has 0 unspecified atom stereocenters. The second-order valence-electron chi connectivity index (χ2n) is 6.66. The highest BCUT2D eigenvalue weighted by molar-refractivity contribution is 7.98. The number of rotatable bonds is 6. The zero-order valence-corrected chi connectivity index (χ0v) is 16.6. The van der Waals surface area contributed by atoms with Crippen molar-refractivity contribution in [2.45, 2.75) is 24.4 Å². The van der Waals surface area contributed by atoms with Crippen molar-refractivity contribution in [3.63, 3.8) is 0 Å². The minimum atomic E-state index is -0.385. The first-order valence-corrected chi connectivity index (χ1v) is 10.3. The van der Waals surface area contributed by atoms with Gasteiger partial charge >= 0.3 is 0 Å². The lowest BCUT2D eigenvalue weighted by atomic mass is 10.2. The molecule has 0 fully saturated rings. The first-order chi connectivity index (χ1) is 14.0. The number of carbonyl (C=O) groups is 1. The van der Waals surface area contributed by atoms with Crippen molar-refractivity contribution >= 4 is 39.6 Å². The molecule has 0 spiro atoms. The lowest BCUT2D eigenvalue weighted by molar-refractivity contribution is -0.121. The number of hydrogen-bond donors (Lipinski definition) is 2. The van der Waals surface area contributed by atoms with Crippen molar-refractivity contribution in [1.29, 1.82) is 0 Å². The summed E-state index contributed by atoms with van der Waals surface area (Å²) in [5.41, 5.74) is 2.11. The van der Waals surface area contributed by atoms with Gasteiger partial charge in [0.15, 0.2) is 0 Å². The van der Waals surface area contributed by atoms with Gasteiger partial charge in [-0.3, -0.25) is 14.2 Å². The van der Waals surface area contributed by atoms with E-state index in [2.05, 4.69) is 15.3 Å². The van der Waals surface area contributed by atoms with E-state index < -0.39 is 0 Å². The van der Waals surface area contributed by atoms with Crippen molar-refractivity contribution in [3.8, 4) is 0 Å². The number of nitrogens with one attached hydrogen (secondary N) is 2. The molecule has 0 bridgehead atoms. The number of halogens is 1. The predicted octanol–water partition coefficient (Wildman–Crippen LogP) is 3.45. The number of thioether (sulfide) groups is 1.